The van der Waals surface area contributed by atoms with E-state index in [-0.39, 0.29) is 11.6 Å². The van der Waals surface area contributed by atoms with Crippen molar-refractivity contribution >= 4 is 62.8 Å². The van der Waals surface area contributed by atoms with Gasteiger partial charge < -0.3 is 4.57 Å². The van der Waals surface area contributed by atoms with Gasteiger partial charge in [-0.3, -0.25) is 20.2 Å². The van der Waals surface area contributed by atoms with Crippen molar-refractivity contribution in [3.05, 3.63) is 60.7 Å². The average molecular weight is 457 g/mol. The van der Waals surface area contributed by atoms with E-state index in [1.54, 1.807) is 23.7 Å². The van der Waals surface area contributed by atoms with Crippen LogP contribution >= 0.6 is 34.2 Å². The summed E-state index contributed by atoms with van der Waals surface area (Å²) in [7, 11) is 1.78. The first-order valence-corrected chi connectivity index (χ1v) is 8.20. The molecule has 1 heterocycles. The van der Waals surface area contributed by atoms with E-state index in [1.165, 1.54) is 18.2 Å². The van der Waals surface area contributed by atoms with Crippen LogP contribution in [0.5, 0.6) is 0 Å². The number of anilines is 1. The van der Waals surface area contributed by atoms with Crippen molar-refractivity contribution in [1.82, 2.24) is 9.55 Å². The minimum absolute atomic E-state index is 0.0617. The molecular weight excluding hydrogens is 447 g/mol. The Labute approximate surface area is 154 Å². The van der Waals surface area contributed by atoms with Gasteiger partial charge in [0.05, 0.1) is 21.5 Å². The molecule has 7 nitrogen and oxygen atoms in total. The third-order valence-electron chi connectivity index (χ3n) is 3.48. The van der Waals surface area contributed by atoms with Gasteiger partial charge in [-0.15, -0.1) is 0 Å². The SMILES string of the molecule is Cn1c(NC(=O)c2ccc([N+](=O)[O-])cc2I)nc2cc(Cl)ccc21. The van der Waals surface area contributed by atoms with Gasteiger partial charge in [0.2, 0.25) is 5.95 Å². The molecule has 0 aliphatic heterocycles. The highest BCUT2D eigenvalue weighted by Gasteiger charge is 2.17. The lowest BCUT2D eigenvalue weighted by Crippen LogP contribution is -2.16. The summed E-state index contributed by atoms with van der Waals surface area (Å²) >= 11 is 7.85. The van der Waals surface area contributed by atoms with Crippen molar-refractivity contribution in [1.29, 1.82) is 0 Å². The van der Waals surface area contributed by atoms with Crippen molar-refractivity contribution in [2.45, 2.75) is 0 Å². The molecule has 24 heavy (non-hydrogen) atoms. The van der Waals surface area contributed by atoms with Crippen molar-refractivity contribution < 1.29 is 9.72 Å². The number of halogens is 2. The first kappa shape index (κ1) is 16.7. The Balaban J connectivity index is 1.93. The quantitative estimate of drug-likeness (QED) is 0.367. The summed E-state index contributed by atoms with van der Waals surface area (Å²) in [6.45, 7) is 0. The zero-order valence-electron chi connectivity index (χ0n) is 12.3. The molecule has 3 rings (SSSR count). The van der Waals surface area contributed by atoms with Crippen LogP contribution in [0.4, 0.5) is 11.6 Å². The number of fused-ring (bicyclic) bond motifs is 1. The molecule has 0 fully saturated rings. The molecule has 1 amide bonds. The Kier molecular flexibility index (Phi) is 4.41. The third kappa shape index (κ3) is 3.06. The lowest BCUT2D eigenvalue weighted by molar-refractivity contribution is -0.384. The molecule has 1 aromatic heterocycles. The van der Waals surface area contributed by atoms with Gasteiger partial charge in [-0.1, -0.05) is 11.6 Å². The van der Waals surface area contributed by atoms with E-state index < -0.39 is 4.92 Å². The minimum Gasteiger partial charge on any atom is -0.313 e. The third-order valence-corrected chi connectivity index (χ3v) is 4.60. The maximum atomic E-state index is 12.4. The number of nitro benzene ring substituents is 1. The number of rotatable bonds is 3. The van der Waals surface area contributed by atoms with Crippen molar-refractivity contribution in [2.24, 2.45) is 7.05 Å². The maximum absolute atomic E-state index is 12.4. The first-order chi connectivity index (χ1) is 11.4. The van der Waals surface area contributed by atoms with E-state index in [9.17, 15) is 14.9 Å². The second kappa shape index (κ2) is 6.36. The van der Waals surface area contributed by atoms with Gasteiger partial charge in [0.1, 0.15) is 0 Å². The summed E-state index contributed by atoms with van der Waals surface area (Å²) in [6.07, 6.45) is 0. The van der Waals surface area contributed by atoms with Crippen molar-refractivity contribution in [2.75, 3.05) is 5.32 Å². The van der Waals surface area contributed by atoms with Gasteiger partial charge in [-0.05, 0) is 46.9 Å². The molecule has 0 unspecified atom stereocenters. The highest BCUT2D eigenvalue weighted by molar-refractivity contribution is 14.1. The normalized spacial score (nSPS) is 10.8. The monoisotopic (exact) mass is 456 g/mol. The van der Waals surface area contributed by atoms with E-state index in [0.717, 1.165) is 5.52 Å². The molecule has 1 N–H and O–H groups in total. The Bertz CT molecular complexity index is 986. The summed E-state index contributed by atoms with van der Waals surface area (Å²) in [5.41, 5.74) is 1.77. The fourth-order valence-corrected chi connectivity index (χ4v) is 3.17. The fourth-order valence-electron chi connectivity index (χ4n) is 2.26. The molecule has 0 saturated heterocycles. The zero-order valence-corrected chi connectivity index (χ0v) is 15.2. The Morgan fingerprint density at radius 2 is 2.08 bits per heavy atom. The molecule has 122 valence electrons. The van der Waals surface area contributed by atoms with Gasteiger partial charge in [0, 0.05) is 27.8 Å². The van der Waals surface area contributed by atoms with Crippen LogP contribution in [0.15, 0.2) is 36.4 Å². The molecule has 3 aromatic rings. The standard InChI is InChI=1S/C15H10ClIN4O3/c1-20-13-5-2-8(16)6-12(13)18-15(20)19-14(22)10-4-3-9(21(23)24)7-11(10)17/h2-7H,1H3,(H,18,19,22). The summed E-state index contributed by atoms with van der Waals surface area (Å²) in [5.74, 6) is -0.0229. The van der Waals surface area contributed by atoms with Gasteiger partial charge in [0.25, 0.3) is 11.6 Å². The first-order valence-electron chi connectivity index (χ1n) is 6.74. The zero-order chi connectivity index (χ0) is 17.4. The number of imidazole rings is 1. The van der Waals surface area contributed by atoms with Crippen LogP contribution in [-0.2, 0) is 7.05 Å². The predicted molar refractivity (Wildman–Crippen MR) is 99.5 cm³/mol. The number of benzene rings is 2. The largest absolute Gasteiger partial charge is 0.313 e. The number of nitro groups is 1. The van der Waals surface area contributed by atoms with Crippen LogP contribution in [0.25, 0.3) is 11.0 Å². The molecule has 0 saturated carbocycles. The number of carbonyl (C=O) groups is 1. The molecular formula is C15H10ClIN4O3. The van der Waals surface area contributed by atoms with E-state index in [0.29, 0.717) is 25.6 Å². The topological polar surface area (TPSA) is 90.1 Å². The Hall–Kier alpha value is -2.20. The van der Waals surface area contributed by atoms with E-state index >= 15 is 0 Å². The number of carbonyl (C=O) groups excluding carboxylic acids is 1. The summed E-state index contributed by atoms with van der Waals surface area (Å²) in [5, 5.41) is 14.1. The summed E-state index contributed by atoms with van der Waals surface area (Å²) in [4.78, 5) is 27.1. The number of nitrogens with zero attached hydrogens (tertiary/aromatic N) is 3. The molecule has 0 atom stereocenters. The van der Waals surface area contributed by atoms with E-state index in [1.807, 2.05) is 28.7 Å². The van der Waals surface area contributed by atoms with Gasteiger partial charge in [0.15, 0.2) is 0 Å². The van der Waals surface area contributed by atoms with Gasteiger partial charge >= 0.3 is 0 Å². The molecule has 0 bridgehead atoms. The number of hydrogen-bond donors (Lipinski definition) is 1. The lowest BCUT2D eigenvalue weighted by atomic mass is 10.2. The van der Waals surface area contributed by atoms with Gasteiger partial charge in [-0.25, -0.2) is 4.98 Å². The number of nitrogens with one attached hydrogen (secondary N) is 1. The molecule has 0 spiro atoms. The predicted octanol–water partition coefficient (Wildman–Crippen LogP) is 3.99. The highest BCUT2D eigenvalue weighted by Crippen LogP contribution is 2.24. The summed E-state index contributed by atoms with van der Waals surface area (Å²) < 4.78 is 2.23. The molecule has 0 aliphatic rings. The molecule has 9 heteroatoms. The average Bonchev–Trinajstić information content (AvgIpc) is 2.82. The molecule has 2 aromatic carbocycles. The van der Waals surface area contributed by atoms with Gasteiger partial charge in [-0.2, -0.15) is 0 Å². The van der Waals surface area contributed by atoms with Crippen LogP contribution in [0.3, 0.4) is 0 Å². The Morgan fingerprint density at radius 1 is 1.33 bits per heavy atom. The van der Waals surface area contributed by atoms with Crippen LogP contribution in [0, 0.1) is 13.7 Å². The van der Waals surface area contributed by atoms with Crippen LogP contribution in [-0.4, -0.2) is 20.4 Å². The summed E-state index contributed by atoms with van der Waals surface area (Å²) in [6, 6.07) is 9.35. The number of non-ortho nitro benzene ring substituents is 1. The van der Waals surface area contributed by atoms with Crippen molar-refractivity contribution in [3.63, 3.8) is 0 Å². The number of amides is 1. The lowest BCUT2D eigenvalue weighted by Gasteiger charge is -2.06. The van der Waals surface area contributed by atoms with Crippen LogP contribution in [0.2, 0.25) is 5.02 Å². The number of aryl methyl sites for hydroxylation is 1. The van der Waals surface area contributed by atoms with E-state index in [4.69, 9.17) is 11.6 Å². The number of hydrogen-bond acceptors (Lipinski definition) is 4. The maximum Gasteiger partial charge on any atom is 0.270 e. The van der Waals surface area contributed by atoms with Crippen LogP contribution < -0.4 is 5.32 Å². The number of aromatic nitrogens is 2. The smallest absolute Gasteiger partial charge is 0.270 e. The minimum atomic E-state index is -0.501. The molecule has 0 radical (unpaired) electrons. The second-order valence-electron chi connectivity index (χ2n) is 5.00. The Morgan fingerprint density at radius 3 is 2.75 bits per heavy atom. The van der Waals surface area contributed by atoms with E-state index in [2.05, 4.69) is 10.3 Å². The molecule has 0 aliphatic carbocycles. The van der Waals surface area contributed by atoms with Crippen LogP contribution in [0.1, 0.15) is 10.4 Å². The van der Waals surface area contributed by atoms with Crippen molar-refractivity contribution in [3.8, 4) is 0 Å². The fraction of sp³-hybridized carbons (Fsp3) is 0.0667. The second-order valence-corrected chi connectivity index (χ2v) is 6.60. The highest BCUT2D eigenvalue weighted by atomic mass is 127.